The Morgan fingerprint density at radius 3 is 0.594 bits per heavy atom. The van der Waals surface area contributed by atoms with Crippen LogP contribution in [-0.4, -0.2) is 19.9 Å². The minimum absolute atomic E-state index is 0.540. The van der Waals surface area contributed by atoms with Gasteiger partial charge in [0.05, 0.1) is 21.7 Å². The second kappa shape index (κ2) is 17.5. The van der Waals surface area contributed by atoms with Crippen LogP contribution in [0.1, 0.15) is 119 Å². The van der Waals surface area contributed by atoms with Crippen molar-refractivity contribution in [3.8, 4) is 49.4 Å². The third kappa shape index (κ3) is 6.63. The molecule has 4 nitrogen and oxygen atoms in total. The molecule has 0 atom stereocenters. The van der Waals surface area contributed by atoms with Crippen molar-refractivity contribution in [2.24, 2.45) is 0 Å². The van der Waals surface area contributed by atoms with Crippen molar-refractivity contribution in [2.75, 3.05) is 0 Å². The number of hydrogen-bond donors (Lipinski definition) is 4. The molecule has 0 amide bonds. The minimum Gasteiger partial charge on any atom is -0.360 e. The summed E-state index contributed by atoms with van der Waals surface area (Å²) >= 11 is 0. The van der Waals surface area contributed by atoms with Crippen LogP contribution in [0, 0.1) is 49.4 Å². The molecule has 9 rings (SSSR count). The molecule has 0 spiro atoms. The fraction of sp³-hybridized carbons (Fsp3) is 0.200. The van der Waals surface area contributed by atoms with Gasteiger partial charge < -0.3 is 19.9 Å². The average molecular weight is 829 g/mol. The molecule has 4 heteroatoms. The van der Waals surface area contributed by atoms with E-state index in [1.807, 2.05) is 0 Å². The largest absolute Gasteiger partial charge is 0.360 e. The van der Waals surface area contributed by atoms with Crippen LogP contribution in [0.25, 0.3) is 0 Å². The van der Waals surface area contributed by atoms with E-state index >= 15 is 0 Å². The zero-order valence-electron chi connectivity index (χ0n) is 36.1. The van der Waals surface area contributed by atoms with Gasteiger partial charge in [0.25, 0.3) is 0 Å². The van der Waals surface area contributed by atoms with Crippen LogP contribution in [0.15, 0.2) is 170 Å². The topological polar surface area (TPSA) is 63.2 Å². The molecule has 8 bridgehead atoms. The molecule has 0 unspecified atom stereocenters. The Bertz CT molecular complexity index is 2510. The molecule has 4 aromatic heterocycles. The normalized spacial score (nSPS) is 21.2. The summed E-state index contributed by atoms with van der Waals surface area (Å²) in [6, 6.07) is 61.0. The van der Waals surface area contributed by atoms with E-state index in [1.54, 1.807) is 0 Å². The van der Waals surface area contributed by atoms with Gasteiger partial charge in [-0.15, -0.1) is 49.4 Å². The molecule has 0 fully saturated rings. The van der Waals surface area contributed by atoms with Gasteiger partial charge in [-0.25, -0.2) is 0 Å². The Morgan fingerprint density at radius 2 is 0.438 bits per heavy atom. The predicted molar refractivity (Wildman–Crippen MR) is 261 cm³/mol. The van der Waals surface area contributed by atoms with Crippen LogP contribution in [0.4, 0.5) is 0 Å². The number of aromatic nitrogens is 4. The lowest BCUT2D eigenvalue weighted by Gasteiger charge is -2.37. The highest BCUT2D eigenvalue weighted by molar-refractivity contribution is 5.57. The molecule has 1 aliphatic rings. The maximum atomic E-state index is 6.20. The highest BCUT2D eigenvalue weighted by Gasteiger charge is 2.47. The Hall–Kier alpha value is -7.76. The van der Waals surface area contributed by atoms with Gasteiger partial charge in [-0.1, -0.05) is 121 Å². The molecule has 4 aromatic carbocycles. The van der Waals surface area contributed by atoms with Gasteiger partial charge in [0.1, 0.15) is 0 Å². The molecule has 1 aliphatic heterocycles. The Balaban J connectivity index is 1.45. The molecule has 0 saturated carbocycles. The fourth-order valence-corrected chi connectivity index (χ4v) is 11.0. The number of aromatic amines is 4. The summed E-state index contributed by atoms with van der Waals surface area (Å²) in [6.45, 7) is 0. The highest BCUT2D eigenvalue weighted by Crippen LogP contribution is 2.51. The number of fused-ring (bicyclic) bond motifs is 8. The van der Waals surface area contributed by atoms with E-state index in [4.69, 9.17) is 25.7 Å². The standard InChI is InChI=1S/C60H52N4/c1-5-9-41-57(45-25-17-13-18-26-45)49-33-35-51(61-49)58(42-10-6-2,46-27-19-14-20-28-46)53-37-39-55(63-53)60(44-12-8-4,48-31-23-16-24-32-48)56-40-38-54(64-56)59(43-11-7-3,47-29-21-15-22-30-47)52-36-34-50(57)62-52/h1-4,13-40,61-64H,9-12,41-44H2. The van der Waals surface area contributed by atoms with Crippen molar-refractivity contribution in [2.45, 2.75) is 73.0 Å². The van der Waals surface area contributed by atoms with Crippen molar-refractivity contribution in [3.05, 3.63) is 238 Å². The highest BCUT2D eigenvalue weighted by atomic mass is 14.9. The first kappa shape index (κ1) is 41.6. The number of nitrogens with one attached hydrogen (secondary N) is 4. The van der Waals surface area contributed by atoms with Gasteiger partial charge in [-0.2, -0.15) is 0 Å². The summed E-state index contributed by atoms with van der Waals surface area (Å²) in [6.07, 6.45) is 29.5. The van der Waals surface area contributed by atoms with Crippen LogP contribution < -0.4 is 0 Å². The third-order valence-electron chi connectivity index (χ3n) is 14.1. The second-order valence-electron chi connectivity index (χ2n) is 17.0. The van der Waals surface area contributed by atoms with Gasteiger partial charge in [-0.05, 0) is 96.5 Å². The van der Waals surface area contributed by atoms with E-state index in [1.165, 1.54) is 0 Å². The van der Waals surface area contributed by atoms with Crippen LogP contribution in [0.5, 0.6) is 0 Å². The van der Waals surface area contributed by atoms with Gasteiger partial charge in [0.2, 0.25) is 0 Å². The van der Waals surface area contributed by atoms with Crippen LogP contribution in [0.2, 0.25) is 0 Å². The summed E-state index contributed by atoms with van der Waals surface area (Å²) in [5.41, 5.74) is 9.92. The summed E-state index contributed by atoms with van der Waals surface area (Å²) in [4.78, 5) is 16.5. The first-order valence-electron chi connectivity index (χ1n) is 22.3. The number of terminal acetylenes is 4. The molecule has 0 radical (unpaired) electrons. The molecule has 5 heterocycles. The first-order valence-corrected chi connectivity index (χ1v) is 22.3. The maximum absolute atomic E-state index is 6.20. The quantitative estimate of drug-likeness (QED) is 0.0887. The zero-order chi connectivity index (χ0) is 44.0. The maximum Gasteiger partial charge on any atom is 0.0760 e. The van der Waals surface area contributed by atoms with Crippen molar-refractivity contribution < 1.29 is 0 Å². The molecule has 0 saturated heterocycles. The Labute approximate surface area is 378 Å². The summed E-state index contributed by atoms with van der Waals surface area (Å²) < 4.78 is 0. The van der Waals surface area contributed by atoms with Crippen molar-refractivity contribution in [3.63, 3.8) is 0 Å². The molecule has 0 aliphatic carbocycles. The Kier molecular flexibility index (Phi) is 11.4. The Morgan fingerprint density at radius 1 is 0.266 bits per heavy atom. The van der Waals surface area contributed by atoms with Crippen molar-refractivity contribution in [1.29, 1.82) is 0 Å². The molecular formula is C60H52N4. The number of hydrogen-bond acceptors (Lipinski definition) is 0. The SMILES string of the molecule is C#CCCC1(c2ccccc2)c2ccc([nH]2)C(CCC#C)(c2ccccc2)c2ccc([nH]2)C(CCC#C)(c2ccccc2)c2ccc([nH]2)C(CCC#C)(c2ccccc2)c2ccc1[nH]2. The summed E-state index contributed by atoms with van der Waals surface area (Å²) in [5.74, 6) is 12.0. The predicted octanol–water partition coefficient (Wildman–Crippen LogP) is 12.3. The van der Waals surface area contributed by atoms with Gasteiger partial charge in [0.15, 0.2) is 0 Å². The number of benzene rings is 4. The van der Waals surface area contributed by atoms with E-state index in [0.717, 1.165) is 67.8 Å². The fourth-order valence-electron chi connectivity index (χ4n) is 11.0. The molecule has 4 N–H and O–H groups in total. The van der Waals surface area contributed by atoms with Gasteiger partial charge >= 0.3 is 0 Å². The van der Waals surface area contributed by atoms with E-state index in [2.05, 4.69) is 213 Å². The third-order valence-corrected chi connectivity index (χ3v) is 14.1. The summed E-state index contributed by atoms with van der Waals surface area (Å²) in [5, 5.41) is 0. The van der Waals surface area contributed by atoms with E-state index < -0.39 is 21.7 Å². The number of rotatable bonds is 12. The smallest absolute Gasteiger partial charge is 0.0760 e. The first-order chi connectivity index (χ1) is 31.5. The van der Waals surface area contributed by atoms with Crippen molar-refractivity contribution in [1.82, 2.24) is 19.9 Å². The van der Waals surface area contributed by atoms with E-state index in [-0.39, 0.29) is 0 Å². The van der Waals surface area contributed by atoms with Gasteiger partial charge in [-0.3, -0.25) is 0 Å². The molecule has 8 aromatic rings. The molecule has 312 valence electrons. The second-order valence-corrected chi connectivity index (χ2v) is 17.0. The van der Waals surface area contributed by atoms with E-state index in [9.17, 15) is 0 Å². The lowest BCUT2D eigenvalue weighted by molar-refractivity contribution is 0.497. The number of H-pyrrole nitrogens is 4. The monoisotopic (exact) mass is 828 g/mol. The van der Waals surface area contributed by atoms with Crippen LogP contribution in [0.3, 0.4) is 0 Å². The van der Waals surface area contributed by atoms with E-state index in [0.29, 0.717) is 51.4 Å². The molecular weight excluding hydrogens is 777 g/mol. The average Bonchev–Trinajstić information content (AvgIpc) is 4.22. The van der Waals surface area contributed by atoms with Gasteiger partial charge in [0, 0.05) is 71.2 Å². The zero-order valence-corrected chi connectivity index (χ0v) is 36.1. The minimum atomic E-state index is -0.705. The van der Waals surface area contributed by atoms with Crippen molar-refractivity contribution >= 4 is 0 Å². The lowest BCUT2D eigenvalue weighted by Crippen LogP contribution is -2.35. The summed E-state index contributed by atoms with van der Waals surface area (Å²) in [7, 11) is 0. The molecule has 64 heavy (non-hydrogen) atoms. The van der Waals surface area contributed by atoms with Crippen LogP contribution >= 0.6 is 0 Å². The lowest BCUT2D eigenvalue weighted by atomic mass is 9.71. The van der Waals surface area contributed by atoms with Crippen LogP contribution in [-0.2, 0) is 21.7 Å².